The van der Waals surface area contributed by atoms with Gasteiger partial charge in [-0.1, -0.05) is 72.3 Å². The van der Waals surface area contributed by atoms with Gasteiger partial charge in [0.25, 0.3) is 0 Å². The van der Waals surface area contributed by atoms with Gasteiger partial charge in [0, 0.05) is 29.8 Å². The summed E-state index contributed by atoms with van der Waals surface area (Å²) in [5.74, 6) is 1.47. The maximum Gasteiger partial charge on any atom is 0.118 e. The fraction of sp³-hybridized carbons (Fsp3) is 0.310. The minimum Gasteiger partial charge on any atom is -0.497 e. The summed E-state index contributed by atoms with van der Waals surface area (Å²) >= 11 is 0. The molecule has 3 aromatic carbocycles. The molecule has 2 saturated heterocycles. The van der Waals surface area contributed by atoms with Crippen molar-refractivity contribution < 1.29 is 4.74 Å². The quantitative estimate of drug-likeness (QED) is 0.469. The fourth-order valence-corrected chi connectivity index (χ4v) is 5.43. The van der Waals surface area contributed by atoms with Gasteiger partial charge in [-0.15, -0.1) is 0 Å². The topological polar surface area (TPSA) is 12.5 Å². The molecule has 2 heterocycles. The molecule has 2 aliphatic heterocycles. The number of hydrogen-bond donors (Lipinski definition) is 0. The zero-order chi connectivity index (χ0) is 21.2. The van der Waals surface area contributed by atoms with E-state index in [0.29, 0.717) is 12.0 Å². The summed E-state index contributed by atoms with van der Waals surface area (Å²) in [7, 11) is 1.73. The molecule has 2 fully saturated rings. The first-order chi connectivity index (χ1) is 15.2. The van der Waals surface area contributed by atoms with Crippen molar-refractivity contribution in [1.29, 1.82) is 0 Å². The fourth-order valence-electron chi connectivity index (χ4n) is 5.43. The first-order valence-corrected chi connectivity index (χ1v) is 11.5. The van der Waals surface area contributed by atoms with E-state index in [1.807, 2.05) is 0 Å². The van der Waals surface area contributed by atoms with Crippen LogP contribution in [0.15, 0.2) is 84.6 Å². The Balaban J connectivity index is 1.65. The molecule has 158 valence electrons. The lowest BCUT2D eigenvalue weighted by Crippen LogP contribution is -2.36. The number of benzene rings is 3. The molecule has 3 aromatic rings. The van der Waals surface area contributed by atoms with Crippen molar-refractivity contribution in [3.63, 3.8) is 0 Å². The first kappa shape index (κ1) is 19.9. The highest BCUT2D eigenvalue weighted by atomic mass is 16.5. The van der Waals surface area contributed by atoms with Gasteiger partial charge in [-0.3, -0.25) is 0 Å². The summed E-state index contributed by atoms with van der Waals surface area (Å²) in [6.45, 7) is 3.34. The summed E-state index contributed by atoms with van der Waals surface area (Å²) in [5.41, 5.74) is 8.28. The molecule has 31 heavy (non-hydrogen) atoms. The molecule has 2 aliphatic rings. The number of nitrogens with zero attached hydrogens (tertiary/aromatic N) is 1. The molecule has 5 rings (SSSR count). The van der Waals surface area contributed by atoms with Crippen molar-refractivity contribution >= 4 is 5.57 Å². The molecular weight excluding hydrogens is 378 g/mol. The van der Waals surface area contributed by atoms with Crippen LogP contribution in [0.3, 0.4) is 0 Å². The SMILES string of the molecule is COc1ccc(/C(=C2/CC(c3ccc(C)cc3)C3CCCCN23)c2ccccc2)cc1. The number of rotatable bonds is 4. The number of methoxy groups -OCH3 is 1. The Labute approximate surface area is 186 Å². The zero-order valence-corrected chi connectivity index (χ0v) is 18.6. The third kappa shape index (κ3) is 3.87. The molecule has 0 saturated carbocycles. The van der Waals surface area contributed by atoms with E-state index >= 15 is 0 Å². The Bertz CT molecular complexity index is 1050. The van der Waals surface area contributed by atoms with E-state index in [0.717, 1.165) is 18.7 Å². The highest BCUT2D eigenvalue weighted by Crippen LogP contribution is 2.47. The standard InChI is InChI=1S/C29H31NO/c1-21-11-13-22(14-12-21)26-20-28(30-19-7-6-10-27(26)30)29(23-8-4-3-5-9-23)24-15-17-25(31-2)18-16-24/h3-5,8-9,11-18,26-27H,6-7,10,19-20H2,1-2H3/b29-28-. The molecule has 2 atom stereocenters. The van der Waals surface area contributed by atoms with Crippen LogP contribution in [-0.4, -0.2) is 24.6 Å². The van der Waals surface area contributed by atoms with E-state index in [-0.39, 0.29) is 0 Å². The van der Waals surface area contributed by atoms with Crippen LogP contribution < -0.4 is 4.74 Å². The van der Waals surface area contributed by atoms with Crippen molar-refractivity contribution in [3.8, 4) is 5.75 Å². The van der Waals surface area contributed by atoms with Crippen molar-refractivity contribution in [2.24, 2.45) is 0 Å². The lowest BCUT2D eigenvalue weighted by molar-refractivity contribution is 0.217. The molecule has 0 radical (unpaired) electrons. The summed E-state index contributed by atoms with van der Waals surface area (Å²) in [4.78, 5) is 2.74. The smallest absolute Gasteiger partial charge is 0.118 e. The zero-order valence-electron chi connectivity index (χ0n) is 18.6. The third-order valence-electron chi connectivity index (χ3n) is 7.01. The van der Waals surface area contributed by atoms with Gasteiger partial charge in [0.2, 0.25) is 0 Å². The predicted molar refractivity (Wildman–Crippen MR) is 128 cm³/mol. The minimum atomic E-state index is 0.563. The first-order valence-electron chi connectivity index (χ1n) is 11.5. The second-order valence-corrected chi connectivity index (χ2v) is 8.89. The van der Waals surface area contributed by atoms with Crippen LogP contribution in [-0.2, 0) is 0 Å². The van der Waals surface area contributed by atoms with Gasteiger partial charge in [0.1, 0.15) is 5.75 Å². The molecule has 0 aromatic heterocycles. The van der Waals surface area contributed by atoms with Crippen LogP contribution in [0.2, 0.25) is 0 Å². The van der Waals surface area contributed by atoms with Gasteiger partial charge in [0.05, 0.1) is 7.11 Å². The van der Waals surface area contributed by atoms with E-state index in [2.05, 4.69) is 90.7 Å². The van der Waals surface area contributed by atoms with E-state index < -0.39 is 0 Å². The maximum atomic E-state index is 5.42. The number of allylic oxidation sites excluding steroid dienone is 1. The third-order valence-corrected chi connectivity index (χ3v) is 7.01. The van der Waals surface area contributed by atoms with Crippen molar-refractivity contribution in [1.82, 2.24) is 4.90 Å². The van der Waals surface area contributed by atoms with Crippen molar-refractivity contribution in [2.45, 2.75) is 44.6 Å². The number of aryl methyl sites for hydroxylation is 1. The molecule has 0 bridgehead atoms. The lowest BCUT2D eigenvalue weighted by Gasteiger charge is -2.35. The van der Waals surface area contributed by atoms with Gasteiger partial charge in [-0.2, -0.15) is 0 Å². The van der Waals surface area contributed by atoms with Crippen LogP contribution >= 0.6 is 0 Å². The second-order valence-electron chi connectivity index (χ2n) is 8.89. The molecule has 2 unspecified atom stereocenters. The summed E-state index contributed by atoms with van der Waals surface area (Å²) in [6, 6.07) is 29.4. The van der Waals surface area contributed by atoms with Gasteiger partial charge >= 0.3 is 0 Å². The largest absolute Gasteiger partial charge is 0.497 e. The average molecular weight is 410 g/mol. The van der Waals surface area contributed by atoms with Crippen LogP contribution in [0.1, 0.15) is 53.9 Å². The Hall–Kier alpha value is -3.00. The van der Waals surface area contributed by atoms with Crippen LogP contribution in [0.4, 0.5) is 0 Å². The Morgan fingerprint density at radius 3 is 2.26 bits per heavy atom. The molecular formula is C29H31NO. The number of hydrogen-bond acceptors (Lipinski definition) is 2. The highest BCUT2D eigenvalue weighted by molar-refractivity contribution is 5.82. The molecule has 0 spiro atoms. The van der Waals surface area contributed by atoms with Gasteiger partial charge in [0.15, 0.2) is 0 Å². The van der Waals surface area contributed by atoms with E-state index in [9.17, 15) is 0 Å². The lowest BCUT2D eigenvalue weighted by atomic mass is 9.86. The molecule has 2 heteroatoms. The average Bonchev–Trinajstić information content (AvgIpc) is 3.20. The van der Waals surface area contributed by atoms with Crippen molar-refractivity contribution in [3.05, 3.63) is 107 Å². The monoisotopic (exact) mass is 409 g/mol. The number of piperidine rings is 1. The predicted octanol–water partition coefficient (Wildman–Crippen LogP) is 6.81. The van der Waals surface area contributed by atoms with E-state index in [1.165, 1.54) is 52.8 Å². The Morgan fingerprint density at radius 2 is 1.55 bits per heavy atom. The van der Waals surface area contributed by atoms with E-state index in [1.54, 1.807) is 7.11 Å². The molecule has 0 aliphatic carbocycles. The van der Waals surface area contributed by atoms with E-state index in [4.69, 9.17) is 4.74 Å². The summed E-state index contributed by atoms with van der Waals surface area (Å²) in [6.07, 6.45) is 5.00. The summed E-state index contributed by atoms with van der Waals surface area (Å²) in [5, 5.41) is 0. The second kappa shape index (κ2) is 8.63. The highest BCUT2D eigenvalue weighted by Gasteiger charge is 2.40. The summed E-state index contributed by atoms with van der Waals surface area (Å²) < 4.78 is 5.42. The number of fused-ring (bicyclic) bond motifs is 1. The van der Waals surface area contributed by atoms with Gasteiger partial charge < -0.3 is 9.64 Å². The minimum absolute atomic E-state index is 0.563. The molecule has 0 amide bonds. The number of ether oxygens (including phenoxy) is 1. The van der Waals surface area contributed by atoms with Crippen LogP contribution in [0.25, 0.3) is 5.57 Å². The van der Waals surface area contributed by atoms with Crippen molar-refractivity contribution in [2.75, 3.05) is 13.7 Å². The van der Waals surface area contributed by atoms with Crippen LogP contribution in [0, 0.1) is 6.92 Å². The van der Waals surface area contributed by atoms with Gasteiger partial charge in [-0.25, -0.2) is 0 Å². The van der Waals surface area contributed by atoms with Crippen LogP contribution in [0.5, 0.6) is 5.75 Å². The Morgan fingerprint density at radius 1 is 0.839 bits per heavy atom. The molecule has 2 nitrogen and oxygen atoms in total. The molecule has 0 N–H and O–H groups in total. The maximum absolute atomic E-state index is 5.42. The normalized spacial score (nSPS) is 22.2. The van der Waals surface area contributed by atoms with Gasteiger partial charge in [-0.05, 0) is 61.4 Å². The Kier molecular flexibility index (Phi) is 5.55.